The quantitative estimate of drug-likeness (QED) is 0.332. The summed E-state index contributed by atoms with van der Waals surface area (Å²) in [6.45, 7) is 2.83. The Morgan fingerprint density at radius 1 is 1.10 bits per heavy atom. The van der Waals surface area contributed by atoms with Crippen LogP contribution in [0.5, 0.6) is 0 Å². The molecule has 1 atom stereocenters. The molecule has 0 aliphatic rings. The highest BCUT2D eigenvalue weighted by Gasteiger charge is 2.18. The minimum Gasteiger partial charge on any atom is -0.480 e. The second-order valence-corrected chi connectivity index (χ2v) is 6.18. The van der Waals surface area contributed by atoms with Gasteiger partial charge in [0.15, 0.2) is 5.78 Å². The Morgan fingerprint density at radius 2 is 1.86 bits per heavy atom. The van der Waals surface area contributed by atoms with E-state index in [2.05, 4.69) is 17.2 Å². The summed E-state index contributed by atoms with van der Waals surface area (Å²) in [5.41, 5.74) is 7.11. The Labute approximate surface area is 166 Å². The SMILES string of the molecule is C=C(C(=O)c1cccc(C[C@H](N)C(=O)NCC(=O)NCC(=O)O)c1)c1ccco1. The van der Waals surface area contributed by atoms with Crippen molar-refractivity contribution in [1.82, 2.24) is 10.6 Å². The van der Waals surface area contributed by atoms with Gasteiger partial charge < -0.3 is 25.9 Å². The number of furan rings is 1. The Morgan fingerprint density at radius 3 is 2.52 bits per heavy atom. The van der Waals surface area contributed by atoms with E-state index in [-0.39, 0.29) is 24.3 Å². The molecular weight excluding hydrogens is 378 g/mol. The standard InChI is InChI=1S/C20H21N3O6/c1-12(16-6-3-7-29-16)19(27)14-5-2-4-13(8-14)9-15(21)20(28)23-10-17(24)22-11-18(25)26/h2-8,15H,1,9-11,21H2,(H,22,24)(H,23,28)(H,25,26)/t15-/m0/s1. The third-order valence-corrected chi connectivity index (χ3v) is 3.93. The van der Waals surface area contributed by atoms with Crippen LogP contribution in [0.4, 0.5) is 0 Å². The molecule has 0 fully saturated rings. The molecule has 9 nitrogen and oxygen atoms in total. The van der Waals surface area contributed by atoms with Gasteiger partial charge in [-0.25, -0.2) is 0 Å². The fourth-order valence-electron chi connectivity index (χ4n) is 2.46. The van der Waals surface area contributed by atoms with Gasteiger partial charge >= 0.3 is 5.97 Å². The summed E-state index contributed by atoms with van der Waals surface area (Å²) >= 11 is 0. The first-order valence-corrected chi connectivity index (χ1v) is 8.66. The van der Waals surface area contributed by atoms with E-state index in [1.54, 1.807) is 36.4 Å². The van der Waals surface area contributed by atoms with Crippen LogP contribution in [0, 0.1) is 0 Å². The smallest absolute Gasteiger partial charge is 0.322 e. The van der Waals surface area contributed by atoms with E-state index in [0.717, 1.165) is 0 Å². The number of carbonyl (C=O) groups is 4. The van der Waals surface area contributed by atoms with Crippen molar-refractivity contribution in [1.29, 1.82) is 0 Å². The second-order valence-electron chi connectivity index (χ2n) is 6.18. The Kier molecular flexibility index (Phi) is 7.44. The lowest BCUT2D eigenvalue weighted by atomic mass is 9.98. The number of benzene rings is 1. The number of hydrogen-bond donors (Lipinski definition) is 4. The Bertz CT molecular complexity index is 920. The molecule has 0 saturated carbocycles. The monoisotopic (exact) mass is 399 g/mol. The van der Waals surface area contributed by atoms with Crippen LogP contribution in [0.1, 0.15) is 21.7 Å². The van der Waals surface area contributed by atoms with Crippen LogP contribution in [0.15, 0.2) is 53.7 Å². The average Bonchev–Trinajstić information content (AvgIpc) is 3.24. The molecule has 0 bridgehead atoms. The van der Waals surface area contributed by atoms with Crippen molar-refractivity contribution < 1.29 is 28.7 Å². The average molecular weight is 399 g/mol. The highest BCUT2D eigenvalue weighted by atomic mass is 16.4. The maximum absolute atomic E-state index is 12.5. The lowest BCUT2D eigenvalue weighted by Gasteiger charge is -2.13. The zero-order valence-electron chi connectivity index (χ0n) is 15.5. The van der Waals surface area contributed by atoms with Crippen LogP contribution in [-0.2, 0) is 20.8 Å². The Hall–Kier alpha value is -3.72. The van der Waals surface area contributed by atoms with Crippen molar-refractivity contribution >= 4 is 29.1 Å². The van der Waals surface area contributed by atoms with Crippen molar-refractivity contribution in [2.24, 2.45) is 5.73 Å². The van der Waals surface area contributed by atoms with Gasteiger partial charge in [0.1, 0.15) is 12.3 Å². The summed E-state index contributed by atoms with van der Waals surface area (Å²) in [5.74, 6) is -2.35. The van der Waals surface area contributed by atoms with Crippen molar-refractivity contribution in [3.63, 3.8) is 0 Å². The minimum absolute atomic E-state index is 0.136. The largest absolute Gasteiger partial charge is 0.480 e. The summed E-state index contributed by atoms with van der Waals surface area (Å²) in [6.07, 6.45) is 1.58. The molecule has 152 valence electrons. The van der Waals surface area contributed by atoms with Gasteiger partial charge in [0.25, 0.3) is 0 Å². The van der Waals surface area contributed by atoms with E-state index in [9.17, 15) is 19.2 Å². The van der Waals surface area contributed by atoms with Crippen LogP contribution in [0.3, 0.4) is 0 Å². The first kappa shape index (κ1) is 21.6. The lowest BCUT2D eigenvalue weighted by Crippen LogP contribution is -2.46. The maximum Gasteiger partial charge on any atom is 0.322 e. The van der Waals surface area contributed by atoms with Gasteiger partial charge in [0.2, 0.25) is 11.8 Å². The van der Waals surface area contributed by atoms with Crippen LogP contribution < -0.4 is 16.4 Å². The van der Waals surface area contributed by atoms with Crippen LogP contribution >= 0.6 is 0 Å². The molecule has 2 amide bonds. The predicted octanol–water partition coefficient (Wildman–Crippen LogP) is 0.363. The normalized spacial score (nSPS) is 11.3. The molecule has 1 aromatic carbocycles. The summed E-state index contributed by atoms with van der Waals surface area (Å²) in [7, 11) is 0. The molecule has 1 heterocycles. The van der Waals surface area contributed by atoms with E-state index >= 15 is 0 Å². The number of carboxylic acid groups (broad SMARTS) is 1. The number of nitrogens with two attached hydrogens (primary N) is 1. The third kappa shape index (κ3) is 6.43. The molecule has 0 saturated heterocycles. The number of ketones is 1. The molecule has 2 aromatic rings. The van der Waals surface area contributed by atoms with Gasteiger partial charge in [0, 0.05) is 5.56 Å². The van der Waals surface area contributed by atoms with Gasteiger partial charge in [0.05, 0.1) is 24.4 Å². The Balaban J connectivity index is 1.92. The number of carbonyl (C=O) groups excluding carboxylic acids is 3. The van der Waals surface area contributed by atoms with E-state index < -0.39 is 30.4 Å². The maximum atomic E-state index is 12.5. The molecule has 2 rings (SSSR count). The molecule has 0 spiro atoms. The van der Waals surface area contributed by atoms with Crippen molar-refractivity contribution in [2.75, 3.05) is 13.1 Å². The van der Waals surface area contributed by atoms with E-state index in [1.807, 2.05) is 0 Å². The number of rotatable bonds is 10. The van der Waals surface area contributed by atoms with Gasteiger partial charge in [-0.3, -0.25) is 19.2 Å². The molecule has 0 radical (unpaired) electrons. The summed E-state index contributed by atoms with van der Waals surface area (Å²) < 4.78 is 5.18. The number of nitrogens with one attached hydrogen (secondary N) is 2. The molecule has 29 heavy (non-hydrogen) atoms. The minimum atomic E-state index is -1.19. The molecule has 9 heteroatoms. The van der Waals surface area contributed by atoms with E-state index in [0.29, 0.717) is 16.9 Å². The van der Waals surface area contributed by atoms with E-state index in [4.69, 9.17) is 15.3 Å². The zero-order chi connectivity index (χ0) is 21.4. The molecule has 5 N–H and O–H groups in total. The predicted molar refractivity (Wildman–Crippen MR) is 104 cm³/mol. The van der Waals surface area contributed by atoms with Gasteiger partial charge in [-0.15, -0.1) is 0 Å². The molecular formula is C20H21N3O6. The number of carboxylic acids is 1. The number of Topliss-reactive ketones (excluding diaryl/α,β-unsaturated/α-hetero) is 1. The fourth-order valence-corrected chi connectivity index (χ4v) is 2.46. The number of aliphatic carboxylic acids is 1. The van der Waals surface area contributed by atoms with Gasteiger partial charge in [-0.1, -0.05) is 24.8 Å². The summed E-state index contributed by atoms with van der Waals surface area (Å²) in [5, 5.41) is 12.9. The van der Waals surface area contributed by atoms with Crippen LogP contribution in [0.25, 0.3) is 5.57 Å². The molecule has 0 unspecified atom stereocenters. The number of hydrogen-bond acceptors (Lipinski definition) is 6. The highest BCUT2D eigenvalue weighted by molar-refractivity contribution is 6.27. The van der Waals surface area contributed by atoms with Crippen molar-refractivity contribution in [3.8, 4) is 0 Å². The van der Waals surface area contributed by atoms with Gasteiger partial charge in [-0.05, 0) is 30.2 Å². The van der Waals surface area contributed by atoms with Crippen molar-refractivity contribution in [3.05, 3.63) is 66.1 Å². The lowest BCUT2D eigenvalue weighted by molar-refractivity contribution is -0.137. The molecule has 1 aromatic heterocycles. The van der Waals surface area contributed by atoms with E-state index in [1.165, 1.54) is 6.26 Å². The zero-order valence-corrected chi connectivity index (χ0v) is 15.5. The van der Waals surface area contributed by atoms with Gasteiger partial charge in [-0.2, -0.15) is 0 Å². The summed E-state index contributed by atoms with van der Waals surface area (Å²) in [4.78, 5) is 46.4. The summed E-state index contributed by atoms with van der Waals surface area (Å²) in [6, 6.07) is 8.96. The van der Waals surface area contributed by atoms with Crippen molar-refractivity contribution in [2.45, 2.75) is 12.5 Å². The second kappa shape index (κ2) is 10.00. The number of amides is 2. The third-order valence-electron chi connectivity index (χ3n) is 3.93. The van der Waals surface area contributed by atoms with Crippen LogP contribution in [-0.4, -0.2) is 47.8 Å². The highest BCUT2D eigenvalue weighted by Crippen LogP contribution is 2.19. The first-order valence-electron chi connectivity index (χ1n) is 8.66. The fraction of sp³-hybridized carbons (Fsp3) is 0.200. The van der Waals surface area contributed by atoms with Crippen LogP contribution in [0.2, 0.25) is 0 Å². The molecule has 0 aliphatic carbocycles. The number of allylic oxidation sites excluding steroid dienone is 1. The first-order chi connectivity index (χ1) is 13.8. The topological polar surface area (TPSA) is 152 Å². The molecule has 0 aliphatic heterocycles.